The Morgan fingerprint density at radius 1 is 1.12 bits per heavy atom. The van der Waals surface area contributed by atoms with E-state index in [9.17, 15) is 13.2 Å². The Balaban J connectivity index is 1.63. The van der Waals surface area contributed by atoms with Crippen LogP contribution in [0.2, 0.25) is 0 Å². The van der Waals surface area contributed by atoms with Crippen molar-refractivity contribution in [1.29, 1.82) is 0 Å². The van der Waals surface area contributed by atoms with Crippen LogP contribution in [0.1, 0.15) is 22.3 Å². The van der Waals surface area contributed by atoms with Gasteiger partial charge in [0.25, 0.3) is 0 Å². The zero-order chi connectivity index (χ0) is 17.7. The molecule has 2 aromatic carbocycles. The Labute approximate surface area is 147 Å². The van der Waals surface area contributed by atoms with Gasteiger partial charge in [0, 0.05) is 6.54 Å². The molecular formula is C19H19NO4S. The van der Waals surface area contributed by atoms with Gasteiger partial charge >= 0.3 is 5.97 Å². The highest BCUT2D eigenvalue weighted by Gasteiger charge is 2.28. The molecule has 1 saturated heterocycles. The Kier molecular flexibility index (Phi) is 5.19. The van der Waals surface area contributed by atoms with E-state index in [2.05, 4.69) is 0 Å². The number of carbonyl (C=O) groups is 1. The van der Waals surface area contributed by atoms with Crippen LogP contribution in [-0.4, -0.2) is 33.3 Å². The number of carbonyl (C=O) groups excluding carboxylic acids is 1. The first-order valence-corrected chi connectivity index (χ1v) is 9.66. The van der Waals surface area contributed by atoms with E-state index in [-0.39, 0.29) is 12.4 Å². The van der Waals surface area contributed by atoms with Gasteiger partial charge in [-0.1, -0.05) is 42.5 Å². The summed E-state index contributed by atoms with van der Waals surface area (Å²) in [4.78, 5) is 12.2. The molecule has 1 heterocycles. The highest BCUT2D eigenvalue weighted by atomic mass is 32.2. The van der Waals surface area contributed by atoms with Crippen LogP contribution in [-0.2, 0) is 14.8 Å². The lowest BCUT2D eigenvalue weighted by molar-refractivity contribution is 0.0550. The van der Waals surface area contributed by atoms with Crippen molar-refractivity contribution in [3.05, 3.63) is 71.8 Å². The van der Waals surface area contributed by atoms with Gasteiger partial charge in [-0.2, -0.15) is 0 Å². The Morgan fingerprint density at radius 3 is 2.64 bits per heavy atom. The molecule has 0 spiro atoms. The van der Waals surface area contributed by atoms with E-state index in [0.29, 0.717) is 24.2 Å². The highest BCUT2D eigenvalue weighted by Crippen LogP contribution is 2.24. The lowest BCUT2D eigenvalue weighted by Crippen LogP contribution is -2.25. The predicted molar refractivity (Wildman–Crippen MR) is 98.0 cm³/mol. The van der Waals surface area contributed by atoms with E-state index in [4.69, 9.17) is 4.74 Å². The first-order chi connectivity index (χ1) is 12.1. The van der Waals surface area contributed by atoms with E-state index in [1.807, 2.05) is 36.4 Å². The van der Waals surface area contributed by atoms with Crippen LogP contribution in [0.5, 0.6) is 0 Å². The molecule has 130 valence electrons. The second kappa shape index (κ2) is 7.53. The Morgan fingerprint density at radius 2 is 1.92 bits per heavy atom. The Bertz CT molecular complexity index is 875. The second-order valence-corrected chi connectivity index (χ2v) is 7.72. The maximum Gasteiger partial charge on any atom is 0.338 e. The summed E-state index contributed by atoms with van der Waals surface area (Å²) in [7, 11) is -3.26. The van der Waals surface area contributed by atoms with Crippen LogP contribution in [0.15, 0.2) is 60.7 Å². The fourth-order valence-corrected chi connectivity index (χ4v) is 4.23. The lowest BCUT2D eigenvalue weighted by Gasteiger charge is -2.17. The molecule has 0 aromatic heterocycles. The summed E-state index contributed by atoms with van der Waals surface area (Å²) in [6.45, 7) is 0.598. The highest BCUT2D eigenvalue weighted by molar-refractivity contribution is 7.93. The van der Waals surface area contributed by atoms with E-state index in [1.54, 1.807) is 30.3 Å². The number of sulfonamides is 1. The molecule has 0 aliphatic carbocycles. The molecule has 1 aliphatic heterocycles. The summed E-state index contributed by atoms with van der Waals surface area (Å²) in [6.07, 6.45) is 4.24. The van der Waals surface area contributed by atoms with Crippen molar-refractivity contribution in [2.24, 2.45) is 0 Å². The van der Waals surface area contributed by atoms with Crippen molar-refractivity contribution in [1.82, 2.24) is 0 Å². The summed E-state index contributed by atoms with van der Waals surface area (Å²) in [5.41, 5.74) is 1.87. The van der Waals surface area contributed by atoms with Gasteiger partial charge in [0.15, 0.2) is 0 Å². The standard InChI is InChI=1S/C19H19NO4S/c21-19(24-13-5-9-16-7-2-1-3-8-16)17-10-4-11-18(15-17)20-12-6-14-25(20,22)23/h1-5,7-11,15H,6,12-14H2/b9-5+. The molecule has 0 atom stereocenters. The van der Waals surface area contributed by atoms with Crippen LogP contribution in [0, 0.1) is 0 Å². The topological polar surface area (TPSA) is 63.7 Å². The first kappa shape index (κ1) is 17.2. The zero-order valence-electron chi connectivity index (χ0n) is 13.7. The van der Waals surface area contributed by atoms with Crippen molar-refractivity contribution in [3.8, 4) is 0 Å². The summed E-state index contributed by atoms with van der Waals surface area (Å²) in [5, 5.41) is 0. The average molecular weight is 357 g/mol. The number of ether oxygens (including phenoxy) is 1. The molecule has 3 rings (SSSR count). The van der Waals surface area contributed by atoms with Crippen molar-refractivity contribution < 1.29 is 17.9 Å². The SMILES string of the molecule is O=C(OC/C=C/c1ccccc1)c1cccc(N2CCCS2(=O)=O)c1. The van der Waals surface area contributed by atoms with Crippen LogP contribution in [0.25, 0.3) is 6.08 Å². The van der Waals surface area contributed by atoms with Crippen LogP contribution >= 0.6 is 0 Å². The van der Waals surface area contributed by atoms with Gasteiger partial charge in [0.2, 0.25) is 10.0 Å². The van der Waals surface area contributed by atoms with Crippen LogP contribution in [0.4, 0.5) is 5.69 Å². The van der Waals surface area contributed by atoms with Crippen molar-refractivity contribution >= 4 is 27.8 Å². The van der Waals surface area contributed by atoms with Gasteiger partial charge in [0.05, 0.1) is 17.0 Å². The molecule has 5 nitrogen and oxygen atoms in total. The molecule has 0 amide bonds. The van der Waals surface area contributed by atoms with Gasteiger partial charge in [-0.05, 0) is 36.3 Å². The van der Waals surface area contributed by atoms with Gasteiger partial charge in [-0.3, -0.25) is 4.31 Å². The summed E-state index contributed by atoms with van der Waals surface area (Å²) in [6, 6.07) is 16.3. The van der Waals surface area contributed by atoms with Crippen LogP contribution < -0.4 is 4.31 Å². The second-order valence-electron chi connectivity index (χ2n) is 5.70. The summed E-state index contributed by atoms with van der Waals surface area (Å²) < 4.78 is 30.6. The molecule has 0 radical (unpaired) electrons. The number of rotatable bonds is 5. The van der Waals surface area contributed by atoms with E-state index >= 15 is 0 Å². The van der Waals surface area contributed by atoms with Gasteiger partial charge < -0.3 is 4.74 Å². The molecular weight excluding hydrogens is 338 g/mol. The minimum Gasteiger partial charge on any atom is -0.458 e. The number of benzene rings is 2. The van der Waals surface area contributed by atoms with Crippen LogP contribution in [0.3, 0.4) is 0 Å². The quantitative estimate of drug-likeness (QED) is 0.772. The average Bonchev–Trinajstić information content (AvgIpc) is 2.99. The molecule has 1 fully saturated rings. The summed E-state index contributed by atoms with van der Waals surface area (Å²) in [5.74, 6) is -0.331. The molecule has 2 aromatic rings. The normalized spacial score (nSPS) is 16.2. The molecule has 25 heavy (non-hydrogen) atoms. The lowest BCUT2D eigenvalue weighted by atomic mass is 10.2. The number of esters is 1. The fraction of sp³-hybridized carbons (Fsp3) is 0.211. The van der Waals surface area contributed by atoms with Gasteiger partial charge in [0.1, 0.15) is 6.61 Å². The fourth-order valence-electron chi connectivity index (χ4n) is 2.67. The van der Waals surface area contributed by atoms with Crippen molar-refractivity contribution in [2.75, 3.05) is 23.2 Å². The maximum atomic E-state index is 12.2. The number of hydrogen-bond acceptors (Lipinski definition) is 4. The first-order valence-electron chi connectivity index (χ1n) is 8.05. The maximum absolute atomic E-state index is 12.2. The smallest absolute Gasteiger partial charge is 0.338 e. The number of hydrogen-bond donors (Lipinski definition) is 0. The largest absolute Gasteiger partial charge is 0.458 e. The van der Waals surface area contributed by atoms with Gasteiger partial charge in [-0.15, -0.1) is 0 Å². The molecule has 6 heteroatoms. The number of anilines is 1. The van der Waals surface area contributed by atoms with Crippen molar-refractivity contribution in [3.63, 3.8) is 0 Å². The minimum atomic E-state index is -3.26. The monoisotopic (exact) mass is 357 g/mol. The zero-order valence-corrected chi connectivity index (χ0v) is 14.5. The third-order valence-electron chi connectivity index (χ3n) is 3.89. The molecule has 0 N–H and O–H groups in total. The molecule has 0 bridgehead atoms. The molecule has 0 saturated carbocycles. The van der Waals surface area contributed by atoms with E-state index in [0.717, 1.165) is 5.56 Å². The minimum absolute atomic E-state index is 0.145. The third-order valence-corrected chi connectivity index (χ3v) is 5.76. The van der Waals surface area contributed by atoms with Gasteiger partial charge in [-0.25, -0.2) is 13.2 Å². The third kappa shape index (κ3) is 4.28. The molecule has 0 unspecified atom stereocenters. The van der Waals surface area contributed by atoms with E-state index in [1.165, 1.54) is 4.31 Å². The summed E-state index contributed by atoms with van der Waals surface area (Å²) >= 11 is 0. The van der Waals surface area contributed by atoms with E-state index < -0.39 is 16.0 Å². The van der Waals surface area contributed by atoms with Crippen molar-refractivity contribution in [2.45, 2.75) is 6.42 Å². The number of nitrogens with zero attached hydrogens (tertiary/aromatic N) is 1. The molecule has 1 aliphatic rings. The Hall–Kier alpha value is -2.60. The predicted octanol–water partition coefficient (Wildman–Crippen LogP) is 3.10.